The van der Waals surface area contributed by atoms with E-state index >= 15 is 0 Å². The number of amides is 1. The van der Waals surface area contributed by atoms with Crippen LogP contribution in [0.2, 0.25) is 0 Å². The number of nitrogens with one attached hydrogen (secondary N) is 1. The van der Waals surface area contributed by atoms with Gasteiger partial charge in [-0.05, 0) is 6.16 Å². The maximum atomic E-state index is 10.4. The van der Waals surface area contributed by atoms with Gasteiger partial charge in [-0.1, -0.05) is 0 Å². The molecular formula is C5H10NO3P. The molecule has 1 unspecified atom stereocenters. The van der Waals surface area contributed by atoms with Crippen LogP contribution >= 0.6 is 9.24 Å². The van der Waals surface area contributed by atoms with Crippen molar-refractivity contribution in [2.45, 2.75) is 6.04 Å². The topological polar surface area (TPSA) is 55.4 Å². The molecular weight excluding hydrogens is 153 g/mol. The highest BCUT2D eigenvalue weighted by Gasteiger charge is 2.07. The molecule has 10 heavy (non-hydrogen) atoms. The van der Waals surface area contributed by atoms with Crippen LogP contribution in [0.5, 0.6) is 0 Å². The third kappa shape index (κ3) is 3.41. The highest BCUT2D eigenvalue weighted by Crippen LogP contribution is 1.87. The van der Waals surface area contributed by atoms with E-state index in [4.69, 9.17) is 0 Å². The number of aldehydes is 1. The van der Waals surface area contributed by atoms with Crippen molar-refractivity contribution in [1.29, 1.82) is 0 Å². The van der Waals surface area contributed by atoms with Gasteiger partial charge >= 0.3 is 6.09 Å². The maximum Gasteiger partial charge on any atom is 0.407 e. The average molecular weight is 163 g/mol. The molecule has 2 atom stereocenters. The molecule has 0 spiro atoms. The van der Waals surface area contributed by atoms with Crippen molar-refractivity contribution in [2.24, 2.45) is 0 Å². The molecule has 1 N–H and O–H groups in total. The zero-order valence-electron chi connectivity index (χ0n) is 5.66. The van der Waals surface area contributed by atoms with Crippen LogP contribution in [-0.2, 0) is 9.53 Å². The van der Waals surface area contributed by atoms with Crippen molar-refractivity contribution >= 4 is 21.6 Å². The minimum Gasteiger partial charge on any atom is -0.453 e. The molecule has 0 aromatic rings. The summed E-state index contributed by atoms with van der Waals surface area (Å²) in [7, 11) is 3.60. The van der Waals surface area contributed by atoms with Crippen LogP contribution < -0.4 is 5.32 Å². The predicted molar refractivity (Wildman–Crippen MR) is 40.0 cm³/mol. The first-order valence-electron chi connectivity index (χ1n) is 2.74. The van der Waals surface area contributed by atoms with Gasteiger partial charge in [0.25, 0.3) is 0 Å². The zero-order valence-corrected chi connectivity index (χ0v) is 6.82. The Morgan fingerprint density at radius 1 is 1.90 bits per heavy atom. The van der Waals surface area contributed by atoms with E-state index in [-0.39, 0.29) is 0 Å². The third-order valence-corrected chi connectivity index (χ3v) is 1.41. The van der Waals surface area contributed by atoms with Crippen LogP contribution in [0.1, 0.15) is 0 Å². The molecule has 0 fully saturated rings. The molecule has 0 saturated carbocycles. The van der Waals surface area contributed by atoms with Gasteiger partial charge in [-0.3, -0.25) is 0 Å². The fourth-order valence-electron chi connectivity index (χ4n) is 0.359. The number of methoxy groups -OCH3 is 1. The van der Waals surface area contributed by atoms with E-state index in [9.17, 15) is 9.59 Å². The van der Waals surface area contributed by atoms with E-state index in [2.05, 4.69) is 19.3 Å². The van der Waals surface area contributed by atoms with Gasteiger partial charge < -0.3 is 14.8 Å². The van der Waals surface area contributed by atoms with Crippen LogP contribution in [0.3, 0.4) is 0 Å². The van der Waals surface area contributed by atoms with E-state index in [1.54, 1.807) is 0 Å². The maximum absolute atomic E-state index is 10.4. The minimum absolute atomic E-state index is 0.461. The van der Waals surface area contributed by atoms with Crippen molar-refractivity contribution in [2.75, 3.05) is 13.3 Å². The van der Waals surface area contributed by atoms with E-state index in [0.29, 0.717) is 12.4 Å². The molecule has 0 aromatic heterocycles. The van der Waals surface area contributed by atoms with Gasteiger partial charge in [-0.2, -0.15) is 0 Å². The second-order valence-corrected chi connectivity index (χ2v) is 2.09. The molecule has 0 aliphatic rings. The Morgan fingerprint density at radius 2 is 2.50 bits per heavy atom. The van der Waals surface area contributed by atoms with Crippen molar-refractivity contribution in [3.63, 3.8) is 0 Å². The summed E-state index contributed by atoms with van der Waals surface area (Å²) in [5.41, 5.74) is 0. The SMILES string of the molecule is COC(=O)N[C@H](C=O)CP. The lowest BCUT2D eigenvalue weighted by molar-refractivity contribution is -0.109. The molecule has 1 amide bonds. The summed E-state index contributed by atoms with van der Waals surface area (Å²) >= 11 is 0. The second kappa shape index (κ2) is 5.18. The van der Waals surface area contributed by atoms with Crippen LogP contribution in [-0.4, -0.2) is 31.7 Å². The first kappa shape index (κ1) is 9.37. The van der Waals surface area contributed by atoms with Gasteiger partial charge in [-0.15, -0.1) is 9.24 Å². The monoisotopic (exact) mass is 163 g/mol. The fourth-order valence-corrected chi connectivity index (χ4v) is 0.588. The average Bonchev–Trinajstić information content (AvgIpc) is 1.99. The molecule has 0 rings (SSSR count). The van der Waals surface area contributed by atoms with Crippen LogP contribution in [0, 0.1) is 0 Å². The molecule has 58 valence electrons. The van der Waals surface area contributed by atoms with Gasteiger partial charge in [-0.25, -0.2) is 4.79 Å². The molecule has 0 aromatic carbocycles. The van der Waals surface area contributed by atoms with Gasteiger partial charge in [0, 0.05) is 0 Å². The molecule has 4 nitrogen and oxygen atoms in total. The number of hydrogen-bond donors (Lipinski definition) is 1. The smallest absolute Gasteiger partial charge is 0.407 e. The minimum atomic E-state index is -0.584. The lowest BCUT2D eigenvalue weighted by Crippen LogP contribution is -2.36. The number of carbonyl (C=O) groups is 2. The molecule has 5 heteroatoms. The van der Waals surface area contributed by atoms with Gasteiger partial charge in [0.15, 0.2) is 0 Å². The van der Waals surface area contributed by atoms with Gasteiger partial charge in [0.1, 0.15) is 6.29 Å². The number of carbonyl (C=O) groups excluding carboxylic acids is 2. The van der Waals surface area contributed by atoms with Gasteiger partial charge in [0.05, 0.1) is 13.2 Å². The lowest BCUT2D eigenvalue weighted by Gasteiger charge is -2.07. The van der Waals surface area contributed by atoms with Crippen LogP contribution in [0.15, 0.2) is 0 Å². The standard InChI is InChI=1S/C5H10NO3P/c1-9-5(8)6-4(2-7)3-10/h2,4H,3,10H2,1H3,(H,6,8)/t4-/m1/s1. The molecule has 0 radical (unpaired) electrons. The summed E-state index contributed by atoms with van der Waals surface area (Å²) in [4.78, 5) is 20.5. The predicted octanol–water partition coefficient (Wildman–Crippen LogP) is -0.215. The summed E-state index contributed by atoms with van der Waals surface area (Å²) in [5.74, 6) is 0. The van der Waals surface area contributed by atoms with Crippen LogP contribution in [0.25, 0.3) is 0 Å². The highest BCUT2D eigenvalue weighted by atomic mass is 31.0. The molecule has 0 heterocycles. The lowest BCUT2D eigenvalue weighted by atomic mass is 10.4. The number of alkyl carbamates (subject to hydrolysis) is 1. The second-order valence-electron chi connectivity index (χ2n) is 1.61. The molecule has 0 bridgehead atoms. The molecule has 0 aliphatic carbocycles. The Labute approximate surface area is 61.5 Å². The Balaban J connectivity index is 3.62. The van der Waals surface area contributed by atoms with Crippen molar-refractivity contribution < 1.29 is 14.3 Å². The number of ether oxygens (including phenoxy) is 1. The van der Waals surface area contributed by atoms with Gasteiger partial charge in [0.2, 0.25) is 0 Å². The summed E-state index contributed by atoms with van der Waals surface area (Å²) in [6, 6.07) is -0.461. The molecule has 0 saturated heterocycles. The zero-order chi connectivity index (χ0) is 7.98. The first-order valence-corrected chi connectivity index (χ1v) is 3.56. The van der Waals surface area contributed by atoms with E-state index < -0.39 is 12.1 Å². The summed E-state index contributed by atoms with van der Waals surface area (Å²) in [6.07, 6.45) is 0.572. The number of rotatable bonds is 3. The van der Waals surface area contributed by atoms with Crippen LogP contribution in [0.4, 0.5) is 4.79 Å². The summed E-state index contributed by atoms with van der Waals surface area (Å²) in [5, 5.41) is 2.32. The third-order valence-electron chi connectivity index (χ3n) is 0.907. The number of hydrogen-bond acceptors (Lipinski definition) is 3. The van der Waals surface area contributed by atoms with Crippen molar-refractivity contribution in [3.8, 4) is 0 Å². The Hall–Kier alpha value is -0.630. The van der Waals surface area contributed by atoms with E-state index in [1.807, 2.05) is 0 Å². The Kier molecular flexibility index (Phi) is 4.85. The largest absolute Gasteiger partial charge is 0.453 e. The fraction of sp³-hybridized carbons (Fsp3) is 0.600. The Morgan fingerprint density at radius 3 is 2.80 bits per heavy atom. The summed E-state index contributed by atoms with van der Waals surface area (Å²) < 4.78 is 4.27. The van der Waals surface area contributed by atoms with E-state index in [1.165, 1.54) is 7.11 Å². The summed E-state index contributed by atoms with van der Waals surface area (Å²) in [6.45, 7) is 0. The highest BCUT2D eigenvalue weighted by molar-refractivity contribution is 7.16. The van der Waals surface area contributed by atoms with Crippen molar-refractivity contribution in [1.82, 2.24) is 5.32 Å². The quantitative estimate of drug-likeness (QED) is 0.462. The molecule has 0 aliphatic heterocycles. The van der Waals surface area contributed by atoms with Crippen molar-refractivity contribution in [3.05, 3.63) is 0 Å². The normalized spacial score (nSPS) is 11.8. The first-order chi connectivity index (χ1) is 4.74. The Bertz CT molecular complexity index is 128. The van der Waals surface area contributed by atoms with E-state index in [0.717, 1.165) is 0 Å².